The van der Waals surface area contributed by atoms with Crippen LogP contribution in [0.25, 0.3) is 22.3 Å². The average molecular weight is 674 g/mol. The van der Waals surface area contributed by atoms with Crippen molar-refractivity contribution >= 4 is 50.5 Å². The van der Waals surface area contributed by atoms with Gasteiger partial charge >= 0.3 is 6.09 Å². The third-order valence-electron chi connectivity index (χ3n) is 7.32. The molecule has 0 saturated heterocycles. The van der Waals surface area contributed by atoms with Crippen LogP contribution in [-0.4, -0.2) is 52.1 Å². The number of anilines is 2. The fourth-order valence-corrected chi connectivity index (χ4v) is 6.73. The zero-order valence-corrected chi connectivity index (χ0v) is 27.2. The highest BCUT2D eigenvalue weighted by molar-refractivity contribution is 7.92. The van der Waals surface area contributed by atoms with Crippen molar-refractivity contribution in [3.63, 3.8) is 0 Å². The lowest BCUT2D eigenvalue weighted by Crippen LogP contribution is -2.42. The van der Waals surface area contributed by atoms with Gasteiger partial charge in [0.25, 0.3) is 16.4 Å². The van der Waals surface area contributed by atoms with E-state index in [4.69, 9.17) is 16.3 Å². The lowest BCUT2D eigenvalue weighted by Gasteiger charge is -2.30. The third kappa shape index (κ3) is 7.97. The molecule has 0 bridgehead atoms. The number of halogens is 3. The molecular formula is C31H34ClF2N7O4S. The molecule has 0 radical (unpaired) electrons. The minimum Gasteiger partial charge on any atom is -0.444 e. The van der Waals surface area contributed by atoms with Crippen LogP contribution in [0.1, 0.15) is 64.1 Å². The summed E-state index contributed by atoms with van der Waals surface area (Å²) in [5.74, 6) is 0.241. The molecule has 5 rings (SSSR count). The van der Waals surface area contributed by atoms with Gasteiger partial charge in [-0.2, -0.15) is 0 Å². The van der Waals surface area contributed by atoms with Crippen molar-refractivity contribution in [3.05, 3.63) is 64.9 Å². The molecule has 3 N–H and O–H groups in total. The maximum absolute atomic E-state index is 14.3. The number of carbonyl (C=O) groups is 1. The number of amides is 1. The summed E-state index contributed by atoms with van der Waals surface area (Å²) in [5, 5.41) is 6.19. The van der Waals surface area contributed by atoms with Crippen molar-refractivity contribution in [1.82, 2.24) is 25.3 Å². The van der Waals surface area contributed by atoms with Crippen molar-refractivity contribution in [3.8, 4) is 11.3 Å². The zero-order valence-electron chi connectivity index (χ0n) is 25.6. The fourth-order valence-electron chi connectivity index (χ4n) is 5.20. The molecule has 1 aromatic carbocycles. The van der Waals surface area contributed by atoms with E-state index >= 15 is 0 Å². The summed E-state index contributed by atoms with van der Waals surface area (Å²) in [6.07, 6.45) is 0.959. The molecule has 1 fully saturated rings. The van der Waals surface area contributed by atoms with Gasteiger partial charge in [-0.1, -0.05) is 23.7 Å². The number of nitrogens with zero attached hydrogens (tertiary/aromatic N) is 4. The van der Waals surface area contributed by atoms with Gasteiger partial charge in [0, 0.05) is 28.9 Å². The number of rotatable bonds is 8. The topological polar surface area (TPSA) is 148 Å². The van der Waals surface area contributed by atoms with Gasteiger partial charge in [0.2, 0.25) is 5.95 Å². The number of ether oxygens (including phenoxy) is 1. The highest BCUT2D eigenvalue weighted by Gasteiger charge is 2.26. The molecule has 1 aliphatic carbocycles. The normalized spacial score (nSPS) is 17.1. The number of sulfonamides is 1. The van der Waals surface area contributed by atoms with E-state index in [2.05, 4.69) is 35.3 Å². The number of aromatic nitrogens is 4. The molecule has 0 spiro atoms. The predicted molar refractivity (Wildman–Crippen MR) is 172 cm³/mol. The van der Waals surface area contributed by atoms with Crippen molar-refractivity contribution in [2.24, 2.45) is 0 Å². The number of benzene rings is 1. The molecule has 3 heterocycles. The first kappa shape index (κ1) is 33.2. The van der Waals surface area contributed by atoms with Crippen LogP contribution in [0.2, 0.25) is 5.02 Å². The van der Waals surface area contributed by atoms with Crippen LogP contribution in [-0.2, 0) is 14.8 Å². The molecule has 1 amide bonds. The Bertz CT molecular complexity index is 1860. The van der Waals surface area contributed by atoms with Gasteiger partial charge in [-0.15, -0.1) is 0 Å². The number of fused-ring (bicyclic) bond motifs is 1. The van der Waals surface area contributed by atoms with Crippen LogP contribution in [0.4, 0.5) is 25.3 Å². The van der Waals surface area contributed by atoms with Gasteiger partial charge in [0.05, 0.1) is 16.9 Å². The smallest absolute Gasteiger partial charge is 0.407 e. The number of pyridine rings is 2. The maximum Gasteiger partial charge on any atom is 0.407 e. The summed E-state index contributed by atoms with van der Waals surface area (Å²) in [5.41, 5.74) is 0.306. The van der Waals surface area contributed by atoms with E-state index in [1.165, 1.54) is 30.5 Å². The summed E-state index contributed by atoms with van der Waals surface area (Å²) in [6, 6.07) is 10.2. The summed E-state index contributed by atoms with van der Waals surface area (Å²) < 4.78 is 62.0. The van der Waals surface area contributed by atoms with E-state index in [0.29, 0.717) is 24.1 Å². The summed E-state index contributed by atoms with van der Waals surface area (Å²) in [4.78, 5) is 29.6. The van der Waals surface area contributed by atoms with E-state index < -0.39 is 28.1 Å². The minimum absolute atomic E-state index is 0.000974. The van der Waals surface area contributed by atoms with Crippen molar-refractivity contribution in [2.45, 2.75) is 82.4 Å². The van der Waals surface area contributed by atoms with Gasteiger partial charge in [0.15, 0.2) is 0 Å². The highest BCUT2D eigenvalue weighted by atomic mass is 35.5. The molecule has 0 unspecified atom stereocenters. The number of hydrogen-bond donors (Lipinski definition) is 3. The average Bonchev–Trinajstić information content (AvgIpc) is 2.96. The number of alkyl carbamates (subject to hydrolysis) is 1. The quantitative estimate of drug-likeness (QED) is 0.179. The SMILES string of the molecule is Cc1nc(NS(=O)(=O)c2ccccc2Cl)ccc1-c1cc(C(F)F)c2nc(N[C@H]3CC[C@H](NC(=O)OC(C)(C)C)CC3)ncc2n1. The fraction of sp³-hybridized carbons (Fsp3) is 0.387. The summed E-state index contributed by atoms with van der Waals surface area (Å²) >= 11 is 6.05. The molecule has 0 aliphatic heterocycles. The van der Waals surface area contributed by atoms with E-state index in [1.54, 1.807) is 45.9 Å². The molecule has 46 heavy (non-hydrogen) atoms. The Morgan fingerprint density at radius 2 is 1.72 bits per heavy atom. The first-order chi connectivity index (χ1) is 21.7. The number of hydrogen-bond acceptors (Lipinski definition) is 9. The standard InChI is InChI=1S/C31H34ClF2N7O4S/c1-17-20(13-14-26(36-17)41-46(43,44)25-8-6-5-7-22(25)32)23-15-21(28(33)34)27-24(39-23)16-35-29(40-27)37-18-9-11-19(12-10-18)38-30(42)45-31(2,3)4/h5-8,13-16,18-19,28H,9-12H2,1-4H3,(H,36,41)(H,38,42)(H,35,37,40)/t18-,19-. The molecule has 244 valence electrons. The lowest BCUT2D eigenvalue weighted by atomic mass is 9.91. The minimum atomic E-state index is -4.02. The highest BCUT2D eigenvalue weighted by Crippen LogP contribution is 2.33. The third-order valence-corrected chi connectivity index (χ3v) is 9.17. The molecule has 3 aromatic heterocycles. The van der Waals surface area contributed by atoms with Crippen molar-refractivity contribution in [1.29, 1.82) is 0 Å². The molecule has 0 atom stereocenters. The number of alkyl halides is 2. The van der Waals surface area contributed by atoms with Gasteiger partial charge in [-0.25, -0.2) is 41.9 Å². The Morgan fingerprint density at radius 3 is 2.37 bits per heavy atom. The van der Waals surface area contributed by atoms with Crippen LogP contribution in [0.15, 0.2) is 53.6 Å². The van der Waals surface area contributed by atoms with E-state index in [0.717, 1.165) is 12.8 Å². The van der Waals surface area contributed by atoms with Gasteiger partial charge in [-0.05, 0) is 83.7 Å². The Balaban J connectivity index is 1.31. The monoisotopic (exact) mass is 673 g/mol. The van der Waals surface area contributed by atoms with E-state index in [-0.39, 0.29) is 56.1 Å². The Morgan fingerprint density at radius 1 is 1.02 bits per heavy atom. The molecule has 4 aromatic rings. The van der Waals surface area contributed by atoms with E-state index in [9.17, 15) is 22.0 Å². The zero-order chi connectivity index (χ0) is 33.2. The molecule has 11 nitrogen and oxygen atoms in total. The Labute approximate surface area is 270 Å². The van der Waals surface area contributed by atoms with Crippen LogP contribution >= 0.6 is 11.6 Å². The number of nitrogens with one attached hydrogen (secondary N) is 3. The van der Waals surface area contributed by atoms with Crippen LogP contribution < -0.4 is 15.4 Å². The first-order valence-electron chi connectivity index (χ1n) is 14.7. The summed E-state index contributed by atoms with van der Waals surface area (Å²) in [7, 11) is -4.02. The van der Waals surface area contributed by atoms with Crippen molar-refractivity contribution in [2.75, 3.05) is 10.0 Å². The largest absolute Gasteiger partial charge is 0.444 e. The second-order valence-corrected chi connectivity index (χ2v) is 14.1. The first-order valence-corrected chi connectivity index (χ1v) is 16.5. The van der Waals surface area contributed by atoms with Crippen LogP contribution in [0.3, 0.4) is 0 Å². The van der Waals surface area contributed by atoms with Gasteiger partial charge in [-0.3, -0.25) is 4.72 Å². The Hall–Kier alpha value is -4.17. The predicted octanol–water partition coefficient (Wildman–Crippen LogP) is 7.03. The van der Waals surface area contributed by atoms with Crippen LogP contribution in [0, 0.1) is 6.92 Å². The van der Waals surface area contributed by atoms with Gasteiger partial charge in [0.1, 0.15) is 27.3 Å². The molecular weight excluding hydrogens is 640 g/mol. The second-order valence-electron chi connectivity index (χ2n) is 12.0. The van der Waals surface area contributed by atoms with Crippen molar-refractivity contribution < 1.29 is 26.7 Å². The lowest BCUT2D eigenvalue weighted by molar-refractivity contribution is 0.0492. The molecule has 1 saturated carbocycles. The number of aryl methyl sites for hydroxylation is 1. The second kappa shape index (κ2) is 13.3. The van der Waals surface area contributed by atoms with E-state index in [1.807, 2.05) is 0 Å². The molecule has 1 aliphatic rings. The number of carbonyl (C=O) groups excluding carboxylic acids is 1. The summed E-state index contributed by atoms with van der Waals surface area (Å²) in [6.45, 7) is 7.04. The van der Waals surface area contributed by atoms with Crippen LogP contribution in [0.5, 0.6) is 0 Å². The molecule has 15 heteroatoms. The Kier molecular flexibility index (Phi) is 9.59. The maximum atomic E-state index is 14.3. The van der Waals surface area contributed by atoms with Gasteiger partial charge < -0.3 is 15.4 Å².